The maximum Gasteiger partial charge on any atom is 0.303 e. The molecule has 0 aromatic rings. The minimum absolute atomic E-state index is 0.156. The van der Waals surface area contributed by atoms with E-state index in [2.05, 4.69) is 4.74 Å². The number of aliphatic hydroxyl groups is 3. The summed E-state index contributed by atoms with van der Waals surface area (Å²) in [4.78, 5) is 9.37. The SMILES string of the molecule is CCC(=O)O.CCC(CO)(CO)CO.COC. The molecular formula is C11H26O6. The van der Waals surface area contributed by atoms with E-state index in [0.717, 1.165) is 0 Å². The highest BCUT2D eigenvalue weighted by atomic mass is 16.4. The van der Waals surface area contributed by atoms with E-state index in [1.165, 1.54) is 0 Å². The van der Waals surface area contributed by atoms with Crippen molar-refractivity contribution in [2.75, 3.05) is 34.0 Å². The molecule has 0 radical (unpaired) electrons. The van der Waals surface area contributed by atoms with Crippen LogP contribution in [0.3, 0.4) is 0 Å². The van der Waals surface area contributed by atoms with Crippen molar-refractivity contribution in [2.24, 2.45) is 5.41 Å². The van der Waals surface area contributed by atoms with Gasteiger partial charge in [0.15, 0.2) is 0 Å². The van der Waals surface area contributed by atoms with Gasteiger partial charge in [0.25, 0.3) is 0 Å². The van der Waals surface area contributed by atoms with Crippen LogP contribution in [-0.2, 0) is 9.53 Å². The molecule has 0 aliphatic rings. The Bertz CT molecular complexity index is 139. The van der Waals surface area contributed by atoms with Crippen LogP contribution >= 0.6 is 0 Å². The van der Waals surface area contributed by atoms with Crippen molar-refractivity contribution in [2.45, 2.75) is 26.7 Å². The summed E-state index contributed by atoms with van der Waals surface area (Å²) in [5, 5.41) is 33.7. The number of hydrogen-bond donors (Lipinski definition) is 4. The fraction of sp³-hybridized carbons (Fsp3) is 0.909. The van der Waals surface area contributed by atoms with Crippen molar-refractivity contribution < 1.29 is 30.0 Å². The Kier molecular flexibility index (Phi) is 19.4. The monoisotopic (exact) mass is 254 g/mol. The molecule has 0 aromatic carbocycles. The van der Waals surface area contributed by atoms with E-state index in [4.69, 9.17) is 20.4 Å². The minimum atomic E-state index is -0.745. The van der Waals surface area contributed by atoms with E-state index in [0.29, 0.717) is 6.42 Å². The number of carboxylic acids is 1. The fourth-order valence-electron chi connectivity index (χ4n) is 0.485. The quantitative estimate of drug-likeness (QED) is 0.554. The largest absolute Gasteiger partial charge is 0.481 e. The third-order valence-corrected chi connectivity index (χ3v) is 2.06. The molecule has 0 unspecified atom stereocenters. The van der Waals surface area contributed by atoms with E-state index in [1.54, 1.807) is 21.1 Å². The molecule has 106 valence electrons. The molecule has 4 N–H and O–H groups in total. The van der Waals surface area contributed by atoms with Crippen LogP contribution < -0.4 is 0 Å². The summed E-state index contributed by atoms with van der Waals surface area (Å²) in [6.45, 7) is 2.95. The van der Waals surface area contributed by atoms with Crippen molar-refractivity contribution in [3.8, 4) is 0 Å². The second-order valence-corrected chi connectivity index (χ2v) is 3.48. The lowest BCUT2D eigenvalue weighted by Gasteiger charge is -2.24. The summed E-state index contributed by atoms with van der Waals surface area (Å²) >= 11 is 0. The Balaban J connectivity index is -0.000000207. The van der Waals surface area contributed by atoms with Gasteiger partial charge >= 0.3 is 5.97 Å². The van der Waals surface area contributed by atoms with Gasteiger partial charge in [-0.1, -0.05) is 13.8 Å². The molecule has 0 spiro atoms. The van der Waals surface area contributed by atoms with Crippen LogP contribution in [0.1, 0.15) is 26.7 Å². The molecule has 0 heterocycles. The van der Waals surface area contributed by atoms with Crippen LogP contribution in [0, 0.1) is 5.41 Å². The normalized spacial score (nSPS) is 9.59. The maximum absolute atomic E-state index is 9.37. The topological polar surface area (TPSA) is 107 Å². The average molecular weight is 254 g/mol. The highest BCUT2D eigenvalue weighted by Crippen LogP contribution is 2.18. The van der Waals surface area contributed by atoms with Crippen LogP contribution in [0.15, 0.2) is 0 Å². The lowest BCUT2D eigenvalue weighted by atomic mass is 9.88. The number of carboxylic acid groups (broad SMARTS) is 1. The summed E-state index contributed by atoms with van der Waals surface area (Å²) < 4.78 is 4.25. The molecule has 0 atom stereocenters. The van der Waals surface area contributed by atoms with Gasteiger partial charge in [-0.05, 0) is 6.42 Å². The lowest BCUT2D eigenvalue weighted by molar-refractivity contribution is -0.136. The number of aliphatic carboxylic acids is 1. The molecular weight excluding hydrogens is 228 g/mol. The second kappa shape index (κ2) is 15.3. The van der Waals surface area contributed by atoms with Gasteiger partial charge in [-0.15, -0.1) is 0 Å². The first-order valence-electron chi connectivity index (χ1n) is 5.37. The summed E-state index contributed by atoms with van der Waals surface area (Å²) in [5.41, 5.74) is -0.667. The molecule has 0 rings (SSSR count). The van der Waals surface area contributed by atoms with Crippen LogP contribution in [-0.4, -0.2) is 60.4 Å². The van der Waals surface area contributed by atoms with Gasteiger partial charge in [-0.25, -0.2) is 0 Å². The Morgan fingerprint density at radius 1 is 1.06 bits per heavy atom. The summed E-state index contributed by atoms with van der Waals surface area (Å²) in [5.74, 6) is -0.745. The molecule has 17 heavy (non-hydrogen) atoms. The predicted octanol–water partition coefficient (Wildman–Crippen LogP) is 0.103. The van der Waals surface area contributed by atoms with E-state index in [1.807, 2.05) is 6.92 Å². The van der Waals surface area contributed by atoms with Gasteiger partial charge in [0.1, 0.15) is 0 Å². The van der Waals surface area contributed by atoms with Crippen molar-refractivity contribution in [1.29, 1.82) is 0 Å². The standard InChI is InChI=1S/C6H14O3.C3H6O2.C2H6O/c1-2-6(3-7,4-8)5-9;1-2-3(4)5;1-3-2/h7-9H,2-5H2,1H3;2H2,1H3,(H,4,5);1-2H3. The van der Waals surface area contributed by atoms with Crippen LogP contribution in [0.4, 0.5) is 0 Å². The van der Waals surface area contributed by atoms with E-state index in [-0.39, 0.29) is 26.2 Å². The Morgan fingerprint density at radius 2 is 1.29 bits per heavy atom. The van der Waals surface area contributed by atoms with Gasteiger partial charge < -0.3 is 25.2 Å². The molecule has 0 fully saturated rings. The van der Waals surface area contributed by atoms with Crippen LogP contribution in [0.25, 0.3) is 0 Å². The van der Waals surface area contributed by atoms with Crippen molar-refractivity contribution in [1.82, 2.24) is 0 Å². The molecule has 6 heteroatoms. The fourth-order valence-corrected chi connectivity index (χ4v) is 0.485. The first kappa shape index (κ1) is 21.6. The average Bonchev–Trinajstić information content (AvgIpc) is 2.34. The highest BCUT2D eigenvalue weighted by Gasteiger charge is 2.24. The Hall–Kier alpha value is -0.690. The third kappa shape index (κ3) is 15.3. The van der Waals surface area contributed by atoms with E-state index >= 15 is 0 Å². The molecule has 0 bridgehead atoms. The first-order valence-corrected chi connectivity index (χ1v) is 5.37. The Labute approximate surface area is 103 Å². The highest BCUT2D eigenvalue weighted by molar-refractivity contribution is 5.66. The molecule has 0 aliphatic carbocycles. The number of methoxy groups -OCH3 is 1. The number of ether oxygens (including phenoxy) is 1. The number of hydrogen-bond acceptors (Lipinski definition) is 5. The molecule has 0 aliphatic heterocycles. The smallest absolute Gasteiger partial charge is 0.303 e. The zero-order valence-electron chi connectivity index (χ0n) is 11.1. The summed E-state index contributed by atoms with van der Waals surface area (Å²) in [6, 6.07) is 0. The van der Waals surface area contributed by atoms with Gasteiger partial charge in [0.2, 0.25) is 0 Å². The van der Waals surface area contributed by atoms with Crippen LogP contribution in [0.5, 0.6) is 0 Å². The minimum Gasteiger partial charge on any atom is -0.481 e. The number of rotatable bonds is 5. The molecule has 0 amide bonds. The summed E-state index contributed by atoms with van der Waals surface area (Å²) in [7, 11) is 3.25. The van der Waals surface area contributed by atoms with Gasteiger partial charge in [0, 0.05) is 26.1 Å². The molecule has 0 saturated heterocycles. The molecule has 6 nitrogen and oxygen atoms in total. The predicted molar refractivity (Wildman–Crippen MR) is 64.8 cm³/mol. The number of carbonyl (C=O) groups is 1. The van der Waals surface area contributed by atoms with Crippen molar-refractivity contribution >= 4 is 5.97 Å². The lowest BCUT2D eigenvalue weighted by Crippen LogP contribution is -2.32. The molecule has 0 saturated carbocycles. The third-order valence-electron chi connectivity index (χ3n) is 2.06. The number of aliphatic hydroxyl groups excluding tert-OH is 3. The van der Waals surface area contributed by atoms with Crippen molar-refractivity contribution in [3.63, 3.8) is 0 Å². The first-order chi connectivity index (χ1) is 7.93. The zero-order valence-corrected chi connectivity index (χ0v) is 11.1. The molecule has 0 aromatic heterocycles. The van der Waals surface area contributed by atoms with Crippen LogP contribution in [0.2, 0.25) is 0 Å². The zero-order chi connectivity index (χ0) is 14.3. The second-order valence-electron chi connectivity index (χ2n) is 3.48. The van der Waals surface area contributed by atoms with E-state index in [9.17, 15) is 4.79 Å². The van der Waals surface area contributed by atoms with Crippen molar-refractivity contribution in [3.05, 3.63) is 0 Å². The van der Waals surface area contributed by atoms with Gasteiger partial charge in [-0.2, -0.15) is 0 Å². The summed E-state index contributed by atoms with van der Waals surface area (Å²) in [6.07, 6.45) is 0.816. The van der Waals surface area contributed by atoms with Gasteiger partial charge in [0.05, 0.1) is 19.8 Å². The van der Waals surface area contributed by atoms with E-state index < -0.39 is 11.4 Å². The Morgan fingerprint density at radius 3 is 1.29 bits per heavy atom. The van der Waals surface area contributed by atoms with Gasteiger partial charge in [-0.3, -0.25) is 4.79 Å². The maximum atomic E-state index is 9.37.